The third kappa shape index (κ3) is 3.45. The molecule has 0 bridgehead atoms. The molecule has 4 rings (SSSR count). The van der Waals surface area contributed by atoms with E-state index in [-0.39, 0.29) is 0 Å². The maximum atomic E-state index is 6.38. The topological polar surface area (TPSA) is 62.3 Å². The lowest BCUT2D eigenvalue weighted by atomic mass is 10.1. The van der Waals surface area contributed by atoms with Crippen LogP contribution in [0.1, 0.15) is 30.0 Å². The fraction of sp³-hybridized carbons (Fsp3) is 0.348. The zero-order chi connectivity index (χ0) is 21.4. The Bertz CT molecular complexity index is 1100. The molecule has 7 heteroatoms. The van der Waals surface area contributed by atoms with Gasteiger partial charge in [-0.25, -0.2) is 10.0 Å². The number of rotatable bonds is 5. The number of hydrazine groups is 1. The van der Waals surface area contributed by atoms with E-state index in [1.54, 1.807) is 7.11 Å². The lowest BCUT2D eigenvalue weighted by Crippen LogP contribution is -2.46. The summed E-state index contributed by atoms with van der Waals surface area (Å²) < 4.78 is 17.7. The first-order chi connectivity index (χ1) is 14.4. The third-order valence-electron chi connectivity index (χ3n) is 5.34. The number of H-pyrrole nitrogens is 1. The van der Waals surface area contributed by atoms with Gasteiger partial charge in [-0.1, -0.05) is 0 Å². The molecule has 0 spiro atoms. The molecule has 1 N–H and O–H groups in total. The molecule has 1 aliphatic heterocycles. The molecule has 3 aromatic rings. The van der Waals surface area contributed by atoms with Gasteiger partial charge in [0.2, 0.25) is 6.23 Å². The fourth-order valence-electron chi connectivity index (χ4n) is 3.72. The average Bonchev–Trinajstić information content (AvgIpc) is 3.01. The number of fused-ring (bicyclic) bond motifs is 2. The molecule has 158 valence electrons. The summed E-state index contributed by atoms with van der Waals surface area (Å²) in [6.07, 6.45) is -0.550. The Hall–Kier alpha value is -3.19. The summed E-state index contributed by atoms with van der Waals surface area (Å²) in [6, 6.07) is 12.5. The normalized spacial score (nSPS) is 15.9. The van der Waals surface area contributed by atoms with E-state index in [0.29, 0.717) is 12.6 Å². The minimum Gasteiger partial charge on any atom is -0.497 e. The number of aromatic amines is 1. The second-order valence-electron chi connectivity index (χ2n) is 7.48. The lowest BCUT2D eigenvalue weighted by molar-refractivity contribution is 0.196. The number of hydrogen-bond donors (Lipinski definition) is 1. The molecule has 1 aliphatic rings. The molecule has 0 aliphatic carbocycles. The maximum Gasteiger partial charge on any atom is 0.311 e. The van der Waals surface area contributed by atoms with Gasteiger partial charge in [-0.05, 0) is 62.7 Å². The number of nitrogens with one attached hydrogen (secondary N) is 1. The van der Waals surface area contributed by atoms with E-state index in [1.807, 2.05) is 61.4 Å². The van der Waals surface area contributed by atoms with Gasteiger partial charge in [-0.15, -0.1) is 0 Å². The molecule has 1 unspecified atom stereocenters. The Morgan fingerprint density at radius 3 is 2.57 bits per heavy atom. The van der Waals surface area contributed by atoms with Crippen molar-refractivity contribution in [2.75, 3.05) is 32.8 Å². The molecule has 1 atom stereocenters. The summed E-state index contributed by atoms with van der Waals surface area (Å²) in [4.78, 5) is 8.19. The Labute approximate surface area is 176 Å². The predicted octanol–water partition coefficient (Wildman–Crippen LogP) is 4.56. The van der Waals surface area contributed by atoms with Crippen LogP contribution in [0.25, 0.3) is 10.9 Å². The number of benzene rings is 2. The maximum absolute atomic E-state index is 6.38. The van der Waals surface area contributed by atoms with Crippen LogP contribution in [0.5, 0.6) is 11.5 Å². The summed E-state index contributed by atoms with van der Waals surface area (Å²) in [6.45, 7) is 6.64. The van der Waals surface area contributed by atoms with E-state index < -0.39 is 6.23 Å². The van der Waals surface area contributed by atoms with Crippen LogP contribution in [0.4, 0.5) is 5.69 Å². The number of anilines is 1. The number of aliphatic imine (C=N–C) groups is 1. The molecule has 0 amide bonds. The second kappa shape index (κ2) is 7.91. The number of nitrogens with zero attached hydrogens (tertiary/aromatic N) is 3. The van der Waals surface area contributed by atoms with E-state index in [1.165, 1.54) is 5.56 Å². The van der Waals surface area contributed by atoms with Crippen molar-refractivity contribution in [3.05, 3.63) is 53.2 Å². The molecule has 2 heterocycles. The van der Waals surface area contributed by atoms with Crippen LogP contribution in [0, 0.1) is 13.8 Å². The van der Waals surface area contributed by atoms with Gasteiger partial charge >= 0.3 is 6.02 Å². The summed E-state index contributed by atoms with van der Waals surface area (Å²) in [7, 11) is 5.56. The Kier molecular flexibility index (Phi) is 5.30. The zero-order valence-corrected chi connectivity index (χ0v) is 18.3. The van der Waals surface area contributed by atoms with Crippen molar-refractivity contribution < 1.29 is 14.2 Å². The van der Waals surface area contributed by atoms with Crippen LogP contribution in [0.15, 0.2) is 41.4 Å². The highest BCUT2D eigenvalue weighted by Gasteiger charge is 2.32. The molecule has 2 aromatic carbocycles. The number of ether oxygens (including phenoxy) is 3. The van der Waals surface area contributed by atoms with Crippen LogP contribution >= 0.6 is 0 Å². The van der Waals surface area contributed by atoms with Gasteiger partial charge in [0, 0.05) is 36.3 Å². The van der Waals surface area contributed by atoms with Gasteiger partial charge in [-0.3, -0.25) is 0 Å². The first-order valence-electron chi connectivity index (χ1n) is 10.0. The van der Waals surface area contributed by atoms with Crippen molar-refractivity contribution in [2.45, 2.75) is 27.0 Å². The SMILES string of the molecule is CCOC1=NC(Oc2ccc3[nH]c(C)c(C)c3c2)c2cc(OC)ccc2N1N(C)C. The van der Waals surface area contributed by atoms with Crippen molar-refractivity contribution >= 4 is 22.6 Å². The lowest BCUT2D eigenvalue weighted by Gasteiger charge is -2.37. The highest BCUT2D eigenvalue weighted by molar-refractivity contribution is 5.94. The smallest absolute Gasteiger partial charge is 0.311 e. The molecular formula is C23H28N4O3. The number of amidine groups is 1. The van der Waals surface area contributed by atoms with Crippen LogP contribution in [-0.4, -0.2) is 43.8 Å². The third-order valence-corrected chi connectivity index (χ3v) is 5.34. The Morgan fingerprint density at radius 1 is 1.10 bits per heavy atom. The summed E-state index contributed by atoms with van der Waals surface area (Å²) in [5.41, 5.74) is 5.33. The van der Waals surface area contributed by atoms with Crippen molar-refractivity contribution in [3.8, 4) is 11.5 Å². The summed E-state index contributed by atoms with van der Waals surface area (Å²) in [5, 5.41) is 5.02. The molecule has 0 radical (unpaired) electrons. The number of aromatic nitrogens is 1. The van der Waals surface area contributed by atoms with E-state index in [4.69, 9.17) is 19.2 Å². The van der Waals surface area contributed by atoms with Crippen LogP contribution in [-0.2, 0) is 4.74 Å². The number of aryl methyl sites for hydroxylation is 2. The fourth-order valence-corrected chi connectivity index (χ4v) is 3.72. The molecule has 0 fully saturated rings. The number of methoxy groups -OCH3 is 1. The first-order valence-corrected chi connectivity index (χ1v) is 10.0. The average molecular weight is 409 g/mol. The predicted molar refractivity (Wildman–Crippen MR) is 119 cm³/mol. The minimum atomic E-state index is -0.550. The molecule has 0 saturated heterocycles. The minimum absolute atomic E-state index is 0.500. The van der Waals surface area contributed by atoms with Crippen molar-refractivity contribution in [3.63, 3.8) is 0 Å². The van der Waals surface area contributed by atoms with E-state index >= 15 is 0 Å². The van der Waals surface area contributed by atoms with Gasteiger partial charge in [0.15, 0.2) is 0 Å². The largest absolute Gasteiger partial charge is 0.497 e. The first kappa shape index (κ1) is 20.1. The Balaban J connectivity index is 1.78. The molecule has 0 saturated carbocycles. The molecule has 30 heavy (non-hydrogen) atoms. The Morgan fingerprint density at radius 2 is 1.87 bits per heavy atom. The second-order valence-corrected chi connectivity index (χ2v) is 7.48. The molecule has 7 nitrogen and oxygen atoms in total. The molecule has 1 aromatic heterocycles. The molecular weight excluding hydrogens is 380 g/mol. The van der Waals surface area contributed by atoms with Gasteiger partial charge in [0.05, 0.1) is 19.4 Å². The highest BCUT2D eigenvalue weighted by Crippen LogP contribution is 2.39. The van der Waals surface area contributed by atoms with E-state index in [9.17, 15) is 0 Å². The monoisotopic (exact) mass is 408 g/mol. The van der Waals surface area contributed by atoms with Gasteiger partial charge in [0.1, 0.15) is 11.5 Å². The van der Waals surface area contributed by atoms with Gasteiger partial charge < -0.3 is 19.2 Å². The van der Waals surface area contributed by atoms with Gasteiger partial charge in [0.25, 0.3) is 0 Å². The van der Waals surface area contributed by atoms with Gasteiger partial charge in [-0.2, -0.15) is 4.99 Å². The summed E-state index contributed by atoms with van der Waals surface area (Å²) in [5.74, 6) is 1.50. The quantitative estimate of drug-likeness (QED) is 0.671. The zero-order valence-electron chi connectivity index (χ0n) is 18.3. The standard InChI is InChI=1S/C23H28N4O3/c1-7-29-23-25-22(19-12-16(28-6)9-11-21(19)27(23)26(4)5)30-17-8-10-20-18(13-17)14(2)15(3)24-20/h8-13,22,24H,7H2,1-6H3. The summed E-state index contributed by atoms with van der Waals surface area (Å²) >= 11 is 0. The van der Waals surface area contributed by atoms with Crippen LogP contribution in [0.3, 0.4) is 0 Å². The van der Waals surface area contributed by atoms with Crippen molar-refractivity contribution in [1.29, 1.82) is 0 Å². The highest BCUT2D eigenvalue weighted by atomic mass is 16.5. The van der Waals surface area contributed by atoms with Crippen molar-refractivity contribution in [1.82, 2.24) is 9.99 Å². The van der Waals surface area contributed by atoms with E-state index in [2.05, 4.69) is 24.9 Å². The number of hydrogen-bond acceptors (Lipinski definition) is 6. The van der Waals surface area contributed by atoms with E-state index in [0.717, 1.165) is 39.3 Å². The van der Waals surface area contributed by atoms with Crippen LogP contribution in [0.2, 0.25) is 0 Å². The van der Waals surface area contributed by atoms with Crippen molar-refractivity contribution in [2.24, 2.45) is 4.99 Å². The van der Waals surface area contributed by atoms with Crippen LogP contribution < -0.4 is 14.5 Å².